The average molecular weight is 451 g/mol. The van der Waals surface area contributed by atoms with Crippen LogP contribution in [0.5, 0.6) is 5.75 Å². The predicted molar refractivity (Wildman–Crippen MR) is 121 cm³/mol. The van der Waals surface area contributed by atoms with Crippen molar-refractivity contribution in [3.8, 4) is 5.75 Å². The topological polar surface area (TPSA) is 58.6 Å². The highest BCUT2D eigenvalue weighted by Gasteiger charge is 2.28. The van der Waals surface area contributed by atoms with E-state index in [0.717, 1.165) is 6.42 Å². The molecule has 1 atom stereocenters. The molecule has 0 aromatic heterocycles. The third kappa shape index (κ3) is 6.64. The molecular formula is C23H28Cl2N2O3. The molecule has 0 fully saturated rings. The van der Waals surface area contributed by atoms with Gasteiger partial charge in [-0.1, -0.05) is 48.3 Å². The highest BCUT2D eigenvalue weighted by atomic mass is 35.5. The molecule has 0 unspecified atom stereocenters. The van der Waals surface area contributed by atoms with E-state index in [1.165, 1.54) is 10.5 Å². The summed E-state index contributed by atoms with van der Waals surface area (Å²) in [5.41, 5.74) is 1.77. The highest BCUT2D eigenvalue weighted by Crippen LogP contribution is 2.26. The lowest BCUT2D eigenvalue weighted by Crippen LogP contribution is -2.50. The van der Waals surface area contributed by atoms with Gasteiger partial charge in [0, 0.05) is 28.2 Å². The SMILES string of the molecule is CCc1ccc(OCC(=O)N(Cc2c(Cl)cccc2Cl)[C@H](C)C(=O)NC(C)C)cc1. The van der Waals surface area contributed by atoms with E-state index in [1.54, 1.807) is 25.1 Å². The molecule has 30 heavy (non-hydrogen) atoms. The number of ether oxygens (including phenoxy) is 1. The van der Waals surface area contributed by atoms with E-state index >= 15 is 0 Å². The zero-order chi connectivity index (χ0) is 22.3. The Morgan fingerprint density at radius 1 is 1.03 bits per heavy atom. The molecule has 0 bridgehead atoms. The van der Waals surface area contributed by atoms with E-state index in [-0.39, 0.29) is 31.0 Å². The Morgan fingerprint density at radius 2 is 1.63 bits per heavy atom. The van der Waals surface area contributed by atoms with E-state index < -0.39 is 6.04 Å². The molecule has 7 heteroatoms. The van der Waals surface area contributed by atoms with Gasteiger partial charge < -0.3 is 15.0 Å². The summed E-state index contributed by atoms with van der Waals surface area (Å²) in [7, 11) is 0. The summed E-state index contributed by atoms with van der Waals surface area (Å²) in [5, 5.41) is 3.72. The number of nitrogens with one attached hydrogen (secondary N) is 1. The second-order valence-corrected chi connectivity index (χ2v) is 8.16. The Hall–Kier alpha value is -2.24. The van der Waals surface area contributed by atoms with Crippen LogP contribution in [0.25, 0.3) is 0 Å². The lowest BCUT2D eigenvalue weighted by Gasteiger charge is -2.30. The van der Waals surface area contributed by atoms with Crippen molar-refractivity contribution in [3.63, 3.8) is 0 Å². The van der Waals surface area contributed by atoms with Crippen LogP contribution in [0.2, 0.25) is 10.0 Å². The molecule has 0 radical (unpaired) electrons. The van der Waals surface area contributed by atoms with E-state index in [1.807, 2.05) is 38.1 Å². The quantitative estimate of drug-likeness (QED) is 0.592. The summed E-state index contributed by atoms with van der Waals surface area (Å²) < 4.78 is 5.67. The van der Waals surface area contributed by atoms with Gasteiger partial charge in [0.15, 0.2) is 6.61 Å². The number of hydrogen-bond donors (Lipinski definition) is 1. The fraction of sp³-hybridized carbons (Fsp3) is 0.391. The van der Waals surface area contributed by atoms with Gasteiger partial charge >= 0.3 is 0 Å². The Kier molecular flexibility index (Phi) is 9.00. The second kappa shape index (κ2) is 11.2. The Bertz CT molecular complexity index is 849. The summed E-state index contributed by atoms with van der Waals surface area (Å²) in [5.74, 6) is 0.00125. The fourth-order valence-electron chi connectivity index (χ4n) is 2.89. The minimum Gasteiger partial charge on any atom is -0.484 e. The van der Waals surface area contributed by atoms with Gasteiger partial charge in [0.25, 0.3) is 5.91 Å². The molecular weight excluding hydrogens is 423 g/mol. The molecule has 0 aliphatic heterocycles. The molecule has 2 amide bonds. The van der Waals surface area contributed by atoms with Gasteiger partial charge in [-0.25, -0.2) is 0 Å². The summed E-state index contributed by atoms with van der Waals surface area (Å²) in [4.78, 5) is 27.1. The first kappa shape index (κ1) is 24.0. The number of aryl methyl sites for hydroxylation is 1. The zero-order valence-electron chi connectivity index (χ0n) is 17.7. The molecule has 5 nitrogen and oxygen atoms in total. The van der Waals surface area contributed by atoms with Crippen molar-refractivity contribution in [2.45, 2.75) is 52.7 Å². The third-order valence-corrected chi connectivity index (χ3v) is 5.39. The van der Waals surface area contributed by atoms with Crippen molar-refractivity contribution < 1.29 is 14.3 Å². The predicted octanol–water partition coefficient (Wildman–Crippen LogP) is 4.88. The van der Waals surface area contributed by atoms with Crippen molar-refractivity contribution in [2.24, 2.45) is 0 Å². The van der Waals surface area contributed by atoms with Gasteiger partial charge in [0.2, 0.25) is 5.91 Å². The number of carbonyl (C=O) groups is 2. The summed E-state index contributed by atoms with van der Waals surface area (Å²) in [6, 6.07) is 11.9. The first-order chi connectivity index (χ1) is 14.2. The standard InChI is InChI=1S/C23H28Cl2N2O3/c1-5-17-9-11-18(12-10-17)30-14-22(28)27(16(4)23(29)26-15(2)3)13-19-20(24)7-6-8-21(19)25/h6-12,15-16H,5,13-14H2,1-4H3,(H,26,29)/t16-/m1/s1. The molecule has 0 aliphatic rings. The highest BCUT2D eigenvalue weighted by molar-refractivity contribution is 6.36. The molecule has 2 aromatic rings. The van der Waals surface area contributed by atoms with Crippen LogP contribution in [0.1, 0.15) is 38.8 Å². The molecule has 0 saturated heterocycles. The molecule has 162 valence electrons. The molecule has 2 rings (SSSR count). The lowest BCUT2D eigenvalue weighted by atomic mass is 10.1. The largest absolute Gasteiger partial charge is 0.484 e. The Labute approximate surface area is 188 Å². The number of amides is 2. The number of carbonyl (C=O) groups excluding carboxylic acids is 2. The van der Waals surface area contributed by atoms with Crippen LogP contribution in [-0.4, -0.2) is 35.4 Å². The van der Waals surface area contributed by atoms with Crippen molar-refractivity contribution in [3.05, 3.63) is 63.6 Å². The van der Waals surface area contributed by atoms with Crippen LogP contribution in [0, 0.1) is 0 Å². The average Bonchev–Trinajstić information content (AvgIpc) is 2.71. The van der Waals surface area contributed by atoms with E-state index in [4.69, 9.17) is 27.9 Å². The van der Waals surface area contributed by atoms with Gasteiger partial charge in [-0.15, -0.1) is 0 Å². The van der Waals surface area contributed by atoms with Crippen LogP contribution in [-0.2, 0) is 22.6 Å². The molecule has 0 saturated carbocycles. The van der Waals surface area contributed by atoms with Gasteiger partial charge in [-0.2, -0.15) is 0 Å². The molecule has 0 aliphatic carbocycles. The number of hydrogen-bond acceptors (Lipinski definition) is 3. The third-order valence-electron chi connectivity index (χ3n) is 4.68. The van der Waals surface area contributed by atoms with Crippen LogP contribution in [0.3, 0.4) is 0 Å². The number of benzene rings is 2. The van der Waals surface area contributed by atoms with Crippen molar-refractivity contribution >= 4 is 35.0 Å². The minimum absolute atomic E-state index is 0.0471. The molecule has 1 N–H and O–H groups in total. The van der Waals surface area contributed by atoms with E-state index in [0.29, 0.717) is 21.4 Å². The van der Waals surface area contributed by atoms with Crippen molar-refractivity contribution in [1.29, 1.82) is 0 Å². The second-order valence-electron chi connectivity index (χ2n) is 7.35. The maximum atomic E-state index is 13.0. The van der Waals surface area contributed by atoms with Gasteiger partial charge in [0.1, 0.15) is 11.8 Å². The summed E-state index contributed by atoms with van der Waals surface area (Å²) in [6.07, 6.45) is 0.925. The maximum absolute atomic E-state index is 13.0. The Balaban J connectivity index is 2.20. The molecule has 2 aromatic carbocycles. The zero-order valence-corrected chi connectivity index (χ0v) is 19.3. The van der Waals surface area contributed by atoms with E-state index in [2.05, 4.69) is 12.2 Å². The molecule has 0 spiro atoms. The van der Waals surface area contributed by atoms with Gasteiger partial charge in [-0.05, 0) is 57.0 Å². The van der Waals surface area contributed by atoms with Crippen molar-refractivity contribution in [2.75, 3.05) is 6.61 Å². The summed E-state index contributed by atoms with van der Waals surface area (Å²) in [6.45, 7) is 7.38. The smallest absolute Gasteiger partial charge is 0.261 e. The van der Waals surface area contributed by atoms with Crippen molar-refractivity contribution in [1.82, 2.24) is 10.2 Å². The molecule has 0 heterocycles. The van der Waals surface area contributed by atoms with Gasteiger partial charge in [0.05, 0.1) is 0 Å². The number of rotatable bonds is 9. The maximum Gasteiger partial charge on any atom is 0.261 e. The lowest BCUT2D eigenvalue weighted by molar-refractivity contribution is -0.142. The monoisotopic (exact) mass is 450 g/mol. The fourth-order valence-corrected chi connectivity index (χ4v) is 3.41. The number of halogens is 2. The Morgan fingerprint density at radius 3 is 2.17 bits per heavy atom. The first-order valence-electron chi connectivity index (χ1n) is 9.97. The number of nitrogens with zero attached hydrogens (tertiary/aromatic N) is 1. The van der Waals surface area contributed by atoms with Crippen LogP contribution >= 0.6 is 23.2 Å². The normalized spacial score (nSPS) is 11.8. The van der Waals surface area contributed by atoms with E-state index in [9.17, 15) is 9.59 Å². The summed E-state index contributed by atoms with van der Waals surface area (Å²) >= 11 is 12.6. The minimum atomic E-state index is -0.724. The van der Waals surface area contributed by atoms with Crippen LogP contribution in [0.15, 0.2) is 42.5 Å². The van der Waals surface area contributed by atoms with Gasteiger partial charge in [-0.3, -0.25) is 9.59 Å². The first-order valence-corrected chi connectivity index (χ1v) is 10.7. The van der Waals surface area contributed by atoms with Crippen LogP contribution in [0.4, 0.5) is 0 Å². The van der Waals surface area contributed by atoms with Crippen LogP contribution < -0.4 is 10.1 Å².